The summed E-state index contributed by atoms with van der Waals surface area (Å²) < 4.78 is 5.82. The minimum absolute atomic E-state index is 0.0965. The number of nitrogens with zero attached hydrogens (tertiary/aromatic N) is 2. The maximum Gasteiger partial charge on any atom is 0.327 e. The summed E-state index contributed by atoms with van der Waals surface area (Å²) in [5, 5.41) is 0. The van der Waals surface area contributed by atoms with Crippen molar-refractivity contribution in [2.75, 3.05) is 17.2 Å². The number of para-hydroxylation sites is 1. The van der Waals surface area contributed by atoms with Crippen LogP contribution >= 0.6 is 11.8 Å². The first-order valence-corrected chi connectivity index (χ1v) is 9.87. The average Bonchev–Trinajstić information content (AvgIpc) is 2.75. The molecule has 1 aliphatic heterocycles. The van der Waals surface area contributed by atoms with Gasteiger partial charge >= 0.3 is 5.97 Å². The standard InChI is InChI=1S/C22H18N2O3S/c25-20-15-28-19-9-5-4-8-18(19)24(20)14-21(26)27-22(16-6-2-1-3-7-16)17-10-12-23-13-11-17/h1-13,22H,14-15H2. The molecule has 0 bridgehead atoms. The number of aromatic nitrogens is 1. The molecule has 0 saturated heterocycles. The number of esters is 1. The van der Waals surface area contributed by atoms with Gasteiger partial charge in [0.15, 0.2) is 6.10 Å². The number of ether oxygens (including phenoxy) is 1. The number of fused-ring (bicyclic) bond motifs is 1. The van der Waals surface area contributed by atoms with Crippen molar-refractivity contribution in [3.63, 3.8) is 0 Å². The van der Waals surface area contributed by atoms with Gasteiger partial charge in [0.25, 0.3) is 0 Å². The third-order valence-corrected chi connectivity index (χ3v) is 5.50. The lowest BCUT2D eigenvalue weighted by Gasteiger charge is -2.28. The highest BCUT2D eigenvalue weighted by Gasteiger charge is 2.28. The zero-order valence-corrected chi connectivity index (χ0v) is 15.8. The quantitative estimate of drug-likeness (QED) is 0.619. The summed E-state index contributed by atoms with van der Waals surface area (Å²) in [4.78, 5) is 31.7. The van der Waals surface area contributed by atoms with Gasteiger partial charge in [0, 0.05) is 22.9 Å². The smallest absolute Gasteiger partial charge is 0.327 e. The van der Waals surface area contributed by atoms with E-state index in [4.69, 9.17) is 4.74 Å². The van der Waals surface area contributed by atoms with E-state index < -0.39 is 12.1 Å². The highest BCUT2D eigenvalue weighted by atomic mass is 32.2. The van der Waals surface area contributed by atoms with E-state index in [0.29, 0.717) is 5.75 Å². The molecule has 4 rings (SSSR count). The largest absolute Gasteiger partial charge is 0.451 e. The number of benzene rings is 2. The molecule has 140 valence electrons. The van der Waals surface area contributed by atoms with Gasteiger partial charge in [-0.1, -0.05) is 42.5 Å². The fourth-order valence-corrected chi connectivity index (χ4v) is 4.06. The van der Waals surface area contributed by atoms with Crippen molar-refractivity contribution in [1.29, 1.82) is 0 Å². The van der Waals surface area contributed by atoms with Crippen LogP contribution in [0.4, 0.5) is 5.69 Å². The molecule has 1 atom stereocenters. The Bertz CT molecular complexity index is 940. The van der Waals surface area contributed by atoms with Gasteiger partial charge in [-0.3, -0.25) is 19.5 Å². The van der Waals surface area contributed by atoms with Crippen LogP contribution in [0.2, 0.25) is 0 Å². The number of rotatable bonds is 5. The third kappa shape index (κ3) is 3.92. The predicted molar refractivity (Wildman–Crippen MR) is 108 cm³/mol. The van der Waals surface area contributed by atoms with Gasteiger partial charge in [-0.15, -0.1) is 11.8 Å². The van der Waals surface area contributed by atoms with Crippen LogP contribution in [-0.2, 0) is 14.3 Å². The van der Waals surface area contributed by atoms with Crippen molar-refractivity contribution < 1.29 is 14.3 Å². The van der Waals surface area contributed by atoms with Crippen LogP contribution in [0.25, 0.3) is 0 Å². The normalized spacial score (nSPS) is 14.3. The summed E-state index contributed by atoms with van der Waals surface area (Å²) in [7, 11) is 0. The molecule has 5 nitrogen and oxygen atoms in total. The molecule has 0 N–H and O–H groups in total. The molecule has 0 saturated carbocycles. The van der Waals surface area contributed by atoms with E-state index in [2.05, 4.69) is 4.98 Å². The Morgan fingerprint density at radius 2 is 1.68 bits per heavy atom. The lowest BCUT2D eigenvalue weighted by atomic mass is 10.0. The Morgan fingerprint density at radius 1 is 1.00 bits per heavy atom. The molecular formula is C22H18N2O3S. The van der Waals surface area contributed by atoms with Crippen LogP contribution in [0.5, 0.6) is 0 Å². The van der Waals surface area contributed by atoms with Gasteiger partial charge < -0.3 is 4.74 Å². The number of anilines is 1. The Labute approximate surface area is 167 Å². The van der Waals surface area contributed by atoms with Crippen molar-refractivity contribution in [3.8, 4) is 0 Å². The summed E-state index contributed by atoms with van der Waals surface area (Å²) in [6.07, 6.45) is 2.78. The van der Waals surface area contributed by atoms with Crippen LogP contribution in [-0.4, -0.2) is 29.2 Å². The zero-order chi connectivity index (χ0) is 19.3. The van der Waals surface area contributed by atoms with Crippen LogP contribution in [0.15, 0.2) is 84.0 Å². The molecule has 0 radical (unpaired) electrons. The summed E-state index contributed by atoms with van der Waals surface area (Å²) >= 11 is 1.49. The topological polar surface area (TPSA) is 59.5 Å². The second-order valence-corrected chi connectivity index (χ2v) is 7.31. The van der Waals surface area contributed by atoms with Gasteiger partial charge in [0.05, 0.1) is 11.4 Å². The van der Waals surface area contributed by atoms with E-state index in [1.807, 2.05) is 66.7 Å². The Balaban J connectivity index is 1.57. The molecule has 2 heterocycles. The van der Waals surface area contributed by atoms with Crippen molar-refractivity contribution in [1.82, 2.24) is 4.98 Å². The van der Waals surface area contributed by atoms with Gasteiger partial charge in [-0.2, -0.15) is 0 Å². The van der Waals surface area contributed by atoms with Crippen molar-refractivity contribution in [3.05, 3.63) is 90.3 Å². The molecule has 1 aromatic heterocycles. The molecule has 3 aromatic rings. The summed E-state index contributed by atoms with van der Waals surface area (Å²) in [6, 6.07) is 20.8. The van der Waals surface area contributed by atoms with Gasteiger partial charge in [-0.05, 0) is 29.8 Å². The van der Waals surface area contributed by atoms with Crippen LogP contribution in [0.1, 0.15) is 17.2 Å². The number of amides is 1. The number of hydrogen-bond acceptors (Lipinski definition) is 5. The van der Waals surface area contributed by atoms with E-state index in [9.17, 15) is 9.59 Å². The highest BCUT2D eigenvalue weighted by molar-refractivity contribution is 8.00. The van der Waals surface area contributed by atoms with Crippen molar-refractivity contribution in [2.24, 2.45) is 0 Å². The molecule has 1 amide bonds. The lowest BCUT2D eigenvalue weighted by molar-refractivity contribution is -0.146. The van der Waals surface area contributed by atoms with E-state index in [1.54, 1.807) is 12.4 Å². The van der Waals surface area contributed by atoms with Gasteiger partial charge in [0.2, 0.25) is 5.91 Å². The Hall–Kier alpha value is -3.12. The zero-order valence-electron chi connectivity index (χ0n) is 15.0. The number of pyridine rings is 1. The fourth-order valence-electron chi connectivity index (χ4n) is 3.12. The number of carbonyl (C=O) groups excluding carboxylic acids is 2. The van der Waals surface area contributed by atoms with Gasteiger partial charge in [0.1, 0.15) is 6.54 Å². The van der Waals surface area contributed by atoms with Crippen LogP contribution in [0.3, 0.4) is 0 Å². The molecule has 0 spiro atoms. The first kappa shape index (κ1) is 18.3. The minimum Gasteiger partial charge on any atom is -0.451 e. The third-order valence-electron chi connectivity index (χ3n) is 4.46. The molecular weight excluding hydrogens is 372 g/mol. The maximum atomic E-state index is 12.8. The number of hydrogen-bond donors (Lipinski definition) is 0. The molecule has 0 fully saturated rings. The molecule has 0 aliphatic carbocycles. The van der Waals surface area contributed by atoms with E-state index in [1.165, 1.54) is 16.7 Å². The second kappa shape index (κ2) is 8.27. The Morgan fingerprint density at radius 3 is 2.46 bits per heavy atom. The summed E-state index contributed by atoms with van der Waals surface area (Å²) in [5.41, 5.74) is 2.44. The van der Waals surface area contributed by atoms with Crippen LogP contribution in [0, 0.1) is 0 Å². The summed E-state index contributed by atoms with van der Waals surface area (Å²) in [6.45, 7) is -0.120. The minimum atomic E-state index is -0.554. The number of thioether (sulfide) groups is 1. The molecule has 1 aliphatic rings. The predicted octanol–water partition coefficient (Wildman–Crippen LogP) is 3.85. The Kier molecular flexibility index (Phi) is 5.39. The molecule has 6 heteroatoms. The molecule has 28 heavy (non-hydrogen) atoms. The lowest BCUT2D eigenvalue weighted by Crippen LogP contribution is -2.40. The monoisotopic (exact) mass is 390 g/mol. The highest BCUT2D eigenvalue weighted by Crippen LogP contribution is 2.35. The average molecular weight is 390 g/mol. The van der Waals surface area contributed by atoms with Gasteiger partial charge in [-0.25, -0.2) is 0 Å². The van der Waals surface area contributed by atoms with Crippen molar-refractivity contribution in [2.45, 2.75) is 11.0 Å². The fraction of sp³-hybridized carbons (Fsp3) is 0.136. The van der Waals surface area contributed by atoms with Crippen molar-refractivity contribution >= 4 is 29.3 Å². The van der Waals surface area contributed by atoms with E-state index in [0.717, 1.165) is 21.7 Å². The maximum absolute atomic E-state index is 12.8. The second-order valence-electron chi connectivity index (χ2n) is 6.30. The first-order chi connectivity index (χ1) is 13.7. The van der Waals surface area contributed by atoms with Crippen LogP contribution < -0.4 is 4.90 Å². The first-order valence-electron chi connectivity index (χ1n) is 8.89. The summed E-state index contributed by atoms with van der Waals surface area (Å²) in [5.74, 6) is -0.238. The SMILES string of the molecule is O=C(CN1C(=O)CSc2ccccc21)OC(c1ccccc1)c1ccncc1. The van der Waals surface area contributed by atoms with E-state index >= 15 is 0 Å². The molecule has 1 unspecified atom stereocenters. The van der Waals surface area contributed by atoms with E-state index in [-0.39, 0.29) is 12.5 Å². The number of carbonyl (C=O) groups is 2. The molecule has 2 aromatic carbocycles.